The molecule has 2 rings (SSSR count). The fourth-order valence-electron chi connectivity index (χ4n) is 3.03. The van der Waals surface area contributed by atoms with E-state index in [1.54, 1.807) is 24.3 Å². The van der Waals surface area contributed by atoms with E-state index < -0.39 is 0 Å². The Hall–Kier alpha value is -1.84. The second-order valence-electron chi connectivity index (χ2n) is 6.60. The molecule has 0 bridgehead atoms. The van der Waals surface area contributed by atoms with Crippen molar-refractivity contribution in [2.45, 2.75) is 40.0 Å². The Morgan fingerprint density at radius 1 is 1.35 bits per heavy atom. The van der Waals surface area contributed by atoms with Gasteiger partial charge in [-0.25, -0.2) is 5.43 Å². The summed E-state index contributed by atoms with van der Waals surface area (Å²) in [6.45, 7) is 6.73. The van der Waals surface area contributed by atoms with Crippen LogP contribution in [0, 0.1) is 11.3 Å². The monoisotopic (exact) mass is 273 g/mol. The fraction of sp³-hybridized carbons (Fsp3) is 0.500. The number of hydrogen-bond donors (Lipinski definition) is 2. The van der Waals surface area contributed by atoms with Crippen LogP contribution in [0.5, 0.6) is 0 Å². The van der Waals surface area contributed by atoms with Crippen LogP contribution in [0.1, 0.15) is 50.4 Å². The van der Waals surface area contributed by atoms with Gasteiger partial charge in [-0.2, -0.15) is 5.10 Å². The molecule has 0 spiro atoms. The smallest absolute Gasteiger partial charge is 0.271 e. The van der Waals surface area contributed by atoms with Crippen molar-refractivity contribution in [1.82, 2.24) is 5.43 Å². The number of hydrazone groups is 1. The van der Waals surface area contributed by atoms with E-state index in [2.05, 4.69) is 31.3 Å². The van der Waals surface area contributed by atoms with E-state index >= 15 is 0 Å². The van der Waals surface area contributed by atoms with Crippen LogP contribution >= 0.6 is 0 Å². The summed E-state index contributed by atoms with van der Waals surface area (Å²) in [5.41, 5.74) is 10.8. The minimum absolute atomic E-state index is 0.187. The first-order valence-corrected chi connectivity index (χ1v) is 7.07. The normalized spacial score (nSPS) is 23.6. The number of nitrogens with two attached hydrogens (primary N) is 1. The van der Waals surface area contributed by atoms with Gasteiger partial charge in [-0.15, -0.1) is 0 Å². The number of anilines is 1. The molecule has 3 N–H and O–H groups in total. The molecule has 1 aliphatic carbocycles. The molecule has 0 radical (unpaired) electrons. The Balaban J connectivity index is 2.01. The van der Waals surface area contributed by atoms with Gasteiger partial charge in [0.1, 0.15) is 0 Å². The maximum Gasteiger partial charge on any atom is 0.271 e. The lowest BCUT2D eigenvalue weighted by molar-refractivity contribution is 0.0954. The van der Waals surface area contributed by atoms with Crippen LogP contribution in [0.4, 0.5) is 5.69 Å². The molecule has 1 aromatic rings. The SMILES string of the molecule is CC1CC(=NNC(=O)c2ccc(N)cc2)CC(C)(C)C1. The first-order chi connectivity index (χ1) is 9.35. The number of carbonyl (C=O) groups is 1. The van der Waals surface area contributed by atoms with Crippen LogP contribution in [0.2, 0.25) is 0 Å². The Morgan fingerprint density at radius 3 is 2.60 bits per heavy atom. The molecule has 1 unspecified atom stereocenters. The van der Waals surface area contributed by atoms with Crippen molar-refractivity contribution in [2.24, 2.45) is 16.4 Å². The fourth-order valence-corrected chi connectivity index (χ4v) is 3.03. The van der Waals surface area contributed by atoms with Crippen LogP contribution in [-0.4, -0.2) is 11.6 Å². The number of nitrogen functional groups attached to an aromatic ring is 1. The molecule has 1 saturated carbocycles. The highest BCUT2D eigenvalue weighted by atomic mass is 16.2. The maximum absolute atomic E-state index is 12.0. The first-order valence-electron chi connectivity index (χ1n) is 7.07. The zero-order valence-electron chi connectivity index (χ0n) is 12.4. The van der Waals surface area contributed by atoms with E-state index in [9.17, 15) is 4.79 Å². The summed E-state index contributed by atoms with van der Waals surface area (Å²) in [5.74, 6) is 0.430. The zero-order valence-corrected chi connectivity index (χ0v) is 12.4. The molecule has 1 atom stereocenters. The summed E-state index contributed by atoms with van der Waals surface area (Å²) >= 11 is 0. The number of rotatable bonds is 2. The summed E-state index contributed by atoms with van der Waals surface area (Å²) < 4.78 is 0. The second-order valence-corrected chi connectivity index (χ2v) is 6.60. The van der Waals surface area contributed by atoms with E-state index in [-0.39, 0.29) is 11.3 Å². The van der Waals surface area contributed by atoms with Gasteiger partial charge in [0.25, 0.3) is 5.91 Å². The minimum Gasteiger partial charge on any atom is -0.399 e. The zero-order chi connectivity index (χ0) is 14.8. The number of nitrogens with one attached hydrogen (secondary N) is 1. The summed E-state index contributed by atoms with van der Waals surface area (Å²) in [4.78, 5) is 12.0. The van der Waals surface area contributed by atoms with Crippen molar-refractivity contribution in [3.8, 4) is 0 Å². The van der Waals surface area contributed by atoms with Crippen LogP contribution in [0.15, 0.2) is 29.4 Å². The summed E-state index contributed by atoms with van der Waals surface area (Å²) in [7, 11) is 0. The number of benzene rings is 1. The van der Waals surface area contributed by atoms with Crippen molar-refractivity contribution >= 4 is 17.3 Å². The highest BCUT2D eigenvalue weighted by molar-refractivity contribution is 5.95. The Bertz CT molecular complexity index is 517. The van der Waals surface area contributed by atoms with E-state index in [1.165, 1.54) is 6.42 Å². The molecule has 0 aliphatic heterocycles. The van der Waals surface area contributed by atoms with Gasteiger partial charge in [-0.1, -0.05) is 20.8 Å². The van der Waals surface area contributed by atoms with Gasteiger partial charge in [0, 0.05) is 17.0 Å². The highest BCUT2D eigenvalue weighted by Gasteiger charge is 2.29. The van der Waals surface area contributed by atoms with Gasteiger partial charge in [-0.3, -0.25) is 4.79 Å². The first kappa shape index (κ1) is 14.6. The minimum atomic E-state index is -0.187. The van der Waals surface area contributed by atoms with Gasteiger partial charge in [0.05, 0.1) is 0 Å². The number of amides is 1. The van der Waals surface area contributed by atoms with Crippen LogP contribution in [0.25, 0.3) is 0 Å². The van der Waals surface area contributed by atoms with Gasteiger partial charge < -0.3 is 5.73 Å². The maximum atomic E-state index is 12.0. The van der Waals surface area contributed by atoms with Gasteiger partial charge in [0.15, 0.2) is 0 Å². The molecule has 0 aromatic heterocycles. The van der Waals surface area contributed by atoms with E-state index in [4.69, 9.17) is 5.73 Å². The van der Waals surface area contributed by atoms with Crippen LogP contribution in [0.3, 0.4) is 0 Å². The molecule has 0 saturated heterocycles. The summed E-state index contributed by atoms with van der Waals surface area (Å²) in [5, 5.41) is 4.31. The topological polar surface area (TPSA) is 67.5 Å². The van der Waals surface area contributed by atoms with Gasteiger partial charge >= 0.3 is 0 Å². The lowest BCUT2D eigenvalue weighted by Crippen LogP contribution is -2.30. The number of carbonyl (C=O) groups excluding carboxylic acids is 1. The predicted molar refractivity (Wildman–Crippen MR) is 82.6 cm³/mol. The molecule has 0 heterocycles. The molecule has 1 aromatic carbocycles. The van der Waals surface area contributed by atoms with Crippen LogP contribution < -0.4 is 11.2 Å². The van der Waals surface area contributed by atoms with Crippen molar-refractivity contribution < 1.29 is 4.79 Å². The standard InChI is InChI=1S/C16H23N3O/c1-11-8-14(10-16(2,3)9-11)18-19-15(20)12-4-6-13(17)7-5-12/h4-7,11H,8-10,17H2,1-3H3,(H,19,20). The molecule has 108 valence electrons. The molecule has 1 fully saturated rings. The number of hydrogen-bond acceptors (Lipinski definition) is 3. The van der Waals surface area contributed by atoms with Crippen molar-refractivity contribution in [3.05, 3.63) is 29.8 Å². The molecule has 1 amide bonds. The van der Waals surface area contributed by atoms with Crippen molar-refractivity contribution in [1.29, 1.82) is 0 Å². The molecule has 4 heteroatoms. The lowest BCUT2D eigenvalue weighted by Gasteiger charge is -2.34. The largest absolute Gasteiger partial charge is 0.399 e. The van der Waals surface area contributed by atoms with E-state index in [0.717, 1.165) is 18.6 Å². The van der Waals surface area contributed by atoms with E-state index in [0.29, 0.717) is 17.2 Å². The van der Waals surface area contributed by atoms with Crippen molar-refractivity contribution in [3.63, 3.8) is 0 Å². The third-order valence-electron chi connectivity index (χ3n) is 3.66. The average Bonchev–Trinajstić information content (AvgIpc) is 2.34. The molecule has 1 aliphatic rings. The Labute approximate surface area is 120 Å². The molecule has 20 heavy (non-hydrogen) atoms. The summed E-state index contributed by atoms with van der Waals surface area (Å²) in [6.07, 6.45) is 3.11. The quantitative estimate of drug-likeness (QED) is 0.642. The molecule has 4 nitrogen and oxygen atoms in total. The molecular formula is C16H23N3O. The Morgan fingerprint density at radius 2 is 2.00 bits per heavy atom. The Kier molecular flexibility index (Phi) is 4.12. The summed E-state index contributed by atoms with van der Waals surface area (Å²) in [6, 6.07) is 6.85. The van der Waals surface area contributed by atoms with E-state index in [1.807, 2.05) is 0 Å². The van der Waals surface area contributed by atoms with Crippen molar-refractivity contribution in [2.75, 3.05) is 5.73 Å². The second kappa shape index (κ2) is 5.65. The van der Waals surface area contributed by atoms with Gasteiger partial charge in [0.2, 0.25) is 0 Å². The van der Waals surface area contributed by atoms with Gasteiger partial charge in [-0.05, 0) is 54.9 Å². The number of nitrogens with zero attached hydrogens (tertiary/aromatic N) is 1. The lowest BCUT2D eigenvalue weighted by atomic mass is 9.72. The molecular weight excluding hydrogens is 250 g/mol. The predicted octanol–water partition coefficient (Wildman–Crippen LogP) is 3.20. The highest BCUT2D eigenvalue weighted by Crippen LogP contribution is 2.36. The average molecular weight is 273 g/mol. The third-order valence-corrected chi connectivity index (χ3v) is 3.66. The van der Waals surface area contributed by atoms with Crippen LogP contribution in [-0.2, 0) is 0 Å². The third kappa shape index (κ3) is 3.83.